The van der Waals surface area contributed by atoms with E-state index in [4.69, 9.17) is 16.3 Å². The van der Waals surface area contributed by atoms with Crippen LogP contribution >= 0.6 is 11.6 Å². The Labute approximate surface area is 184 Å². The summed E-state index contributed by atoms with van der Waals surface area (Å²) in [6.45, 7) is 5.24. The van der Waals surface area contributed by atoms with Gasteiger partial charge in [-0.3, -0.25) is 4.79 Å². The highest BCUT2D eigenvalue weighted by atomic mass is 35.5. The van der Waals surface area contributed by atoms with Gasteiger partial charge < -0.3 is 15.0 Å². The van der Waals surface area contributed by atoms with Gasteiger partial charge in [0.1, 0.15) is 16.8 Å². The van der Waals surface area contributed by atoms with Gasteiger partial charge in [-0.15, -0.1) is 0 Å². The minimum Gasteiger partial charge on any atom is -0.378 e. The number of carbonyl (C=O) groups is 1. The van der Waals surface area contributed by atoms with Crippen LogP contribution in [0.2, 0.25) is 5.15 Å². The number of nitrogens with zero attached hydrogens (tertiary/aromatic N) is 4. The first-order valence-electron chi connectivity index (χ1n) is 10.0. The number of hydrogen-bond donors (Lipinski definition) is 1. The molecule has 7 nitrogen and oxygen atoms in total. The molecule has 0 bridgehead atoms. The van der Waals surface area contributed by atoms with E-state index < -0.39 is 0 Å². The molecule has 4 rings (SSSR count). The molecule has 9 heteroatoms. The number of aryl methyl sites for hydroxylation is 1. The number of hydrogen-bond acceptors (Lipinski definition) is 5. The van der Waals surface area contributed by atoms with Crippen molar-refractivity contribution in [1.82, 2.24) is 20.1 Å². The second-order valence-electron chi connectivity index (χ2n) is 7.30. The molecule has 0 spiro atoms. The molecule has 1 aliphatic rings. The highest BCUT2D eigenvalue weighted by Crippen LogP contribution is 2.22. The lowest BCUT2D eigenvalue weighted by molar-refractivity contribution is 0.0950. The monoisotopic (exact) mass is 443 g/mol. The van der Waals surface area contributed by atoms with Gasteiger partial charge in [0, 0.05) is 31.4 Å². The molecule has 31 heavy (non-hydrogen) atoms. The van der Waals surface area contributed by atoms with E-state index in [0.29, 0.717) is 37.6 Å². The summed E-state index contributed by atoms with van der Waals surface area (Å²) in [7, 11) is 0. The molecule has 3 aromatic rings. The van der Waals surface area contributed by atoms with Crippen molar-refractivity contribution in [3.8, 4) is 0 Å². The predicted octanol–water partition coefficient (Wildman–Crippen LogP) is 3.19. The van der Waals surface area contributed by atoms with Crippen molar-refractivity contribution in [2.24, 2.45) is 0 Å². The van der Waals surface area contributed by atoms with Crippen LogP contribution in [-0.4, -0.2) is 47.0 Å². The Morgan fingerprint density at radius 2 is 1.97 bits per heavy atom. The molecule has 162 valence electrons. The number of carbonyl (C=O) groups excluding carboxylic acids is 1. The fourth-order valence-corrected chi connectivity index (χ4v) is 3.89. The van der Waals surface area contributed by atoms with Gasteiger partial charge >= 0.3 is 0 Å². The number of benzene rings is 1. The molecule has 1 fully saturated rings. The van der Waals surface area contributed by atoms with E-state index in [1.807, 2.05) is 12.1 Å². The third-order valence-corrected chi connectivity index (χ3v) is 5.54. The summed E-state index contributed by atoms with van der Waals surface area (Å²) in [4.78, 5) is 19.6. The number of halogens is 2. The van der Waals surface area contributed by atoms with E-state index in [9.17, 15) is 9.18 Å². The maximum Gasteiger partial charge on any atom is 0.256 e. The van der Waals surface area contributed by atoms with Gasteiger partial charge in [-0.1, -0.05) is 29.8 Å². The summed E-state index contributed by atoms with van der Waals surface area (Å²) in [5, 5.41) is 7.58. The van der Waals surface area contributed by atoms with Gasteiger partial charge in [-0.25, -0.2) is 14.1 Å². The average molecular weight is 444 g/mol. The number of pyridine rings is 1. The first-order valence-corrected chi connectivity index (χ1v) is 10.4. The zero-order valence-electron chi connectivity index (χ0n) is 17.1. The van der Waals surface area contributed by atoms with Crippen LogP contribution in [0.15, 0.2) is 42.6 Å². The largest absolute Gasteiger partial charge is 0.378 e. The molecule has 0 unspecified atom stereocenters. The number of aromatic nitrogens is 3. The molecule has 0 aliphatic carbocycles. The summed E-state index contributed by atoms with van der Waals surface area (Å²) >= 11 is 6.47. The average Bonchev–Trinajstić information content (AvgIpc) is 3.07. The second kappa shape index (κ2) is 9.45. The topological polar surface area (TPSA) is 72.3 Å². The molecule has 1 aliphatic heterocycles. The predicted molar refractivity (Wildman–Crippen MR) is 116 cm³/mol. The zero-order chi connectivity index (χ0) is 21.8. The molecule has 1 aromatic carbocycles. The van der Waals surface area contributed by atoms with Crippen LogP contribution in [0, 0.1) is 12.7 Å². The number of ether oxygens (including phenoxy) is 1. The number of anilines is 1. The molecule has 1 amide bonds. The summed E-state index contributed by atoms with van der Waals surface area (Å²) in [6.07, 6.45) is 1.75. The van der Waals surface area contributed by atoms with Crippen LogP contribution in [0.25, 0.3) is 0 Å². The molecule has 0 radical (unpaired) electrons. The molecule has 0 atom stereocenters. The minimum absolute atomic E-state index is 0.249. The van der Waals surface area contributed by atoms with Crippen LogP contribution in [0.4, 0.5) is 10.2 Å². The summed E-state index contributed by atoms with van der Waals surface area (Å²) in [5.41, 5.74) is 2.62. The van der Waals surface area contributed by atoms with Gasteiger partial charge in [0.15, 0.2) is 0 Å². The normalized spacial score (nSPS) is 14.0. The highest BCUT2D eigenvalue weighted by molar-refractivity contribution is 6.33. The molecule has 0 saturated carbocycles. The van der Waals surface area contributed by atoms with Crippen molar-refractivity contribution in [2.45, 2.75) is 20.0 Å². The van der Waals surface area contributed by atoms with Gasteiger partial charge in [0.25, 0.3) is 5.91 Å². The van der Waals surface area contributed by atoms with Crippen LogP contribution in [-0.2, 0) is 17.8 Å². The van der Waals surface area contributed by atoms with Gasteiger partial charge in [-0.05, 0) is 30.7 Å². The summed E-state index contributed by atoms with van der Waals surface area (Å²) in [5.74, 6) is 0.240. The van der Waals surface area contributed by atoms with Crippen LogP contribution in [0.3, 0.4) is 0 Å². The van der Waals surface area contributed by atoms with E-state index in [2.05, 4.69) is 20.3 Å². The molecule has 1 saturated heterocycles. The SMILES string of the molecule is Cc1nn(Cc2ccc(F)cc2)c(Cl)c1C(=O)NCc1cccnc1N1CCOCC1. The van der Waals surface area contributed by atoms with Gasteiger partial charge in [0.2, 0.25) is 0 Å². The van der Waals surface area contributed by atoms with Crippen molar-refractivity contribution in [2.75, 3.05) is 31.2 Å². The first kappa shape index (κ1) is 21.3. The highest BCUT2D eigenvalue weighted by Gasteiger charge is 2.21. The lowest BCUT2D eigenvalue weighted by Crippen LogP contribution is -2.37. The quantitative estimate of drug-likeness (QED) is 0.633. The maximum absolute atomic E-state index is 13.1. The van der Waals surface area contributed by atoms with Crippen molar-refractivity contribution in [3.63, 3.8) is 0 Å². The van der Waals surface area contributed by atoms with E-state index in [0.717, 1.165) is 30.0 Å². The summed E-state index contributed by atoms with van der Waals surface area (Å²) < 4.78 is 20.1. The Kier molecular flexibility index (Phi) is 6.48. The van der Waals surface area contributed by atoms with E-state index in [-0.39, 0.29) is 16.9 Å². The van der Waals surface area contributed by atoms with E-state index >= 15 is 0 Å². The van der Waals surface area contributed by atoms with Crippen molar-refractivity contribution >= 4 is 23.3 Å². The standard InChI is InChI=1S/C22H23ClFN5O2/c1-15-19(20(23)29(27-15)14-16-4-6-18(24)7-5-16)22(30)26-13-17-3-2-8-25-21(17)28-9-11-31-12-10-28/h2-8H,9-14H2,1H3,(H,26,30). The van der Waals surface area contributed by atoms with Crippen LogP contribution in [0.5, 0.6) is 0 Å². The summed E-state index contributed by atoms with van der Waals surface area (Å²) in [6, 6.07) is 9.89. The number of nitrogens with one attached hydrogen (secondary N) is 1. The first-order chi connectivity index (χ1) is 15.0. The van der Waals surface area contributed by atoms with Crippen molar-refractivity contribution < 1.29 is 13.9 Å². The Bertz CT molecular complexity index is 1060. The Morgan fingerprint density at radius 1 is 1.23 bits per heavy atom. The third kappa shape index (κ3) is 4.86. The fraction of sp³-hybridized carbons (Fsp3) is 0.318. The number of rotatable bonds is 6. The molecule has 2 aromatic heterocycles. The number of morpholine rings is 1. The van der Waals surface area contributed by atoms with E-state index in [1.165, 1.54) is 12.1 Å². The molecule has 3 heterocycles. The number of amides is 1. The minimum atomic E-state index is -0.307. The Hall–Kier alpha value is -2.97. The van der Waals surface area contributed by atoms with Crippen LogP contribution in [0.1, 0.15) is 27.2 Å². The van der Waals surface area contributed by atoms with Crippen molar-refractivity contribution in [1.29, 1.82) is 0 Å². The lowest BCUT2D eigenvalue weighted by atomic mass is 10.2. The molecule has 1 N–H and O–H groups in total. The Balaban J connectivity index is 1.47. The van der Waals surface area contributed by atoms with Gasteiger partial charge in [0.05, 0.1) is 31.0 Å². The van der Waals surface area contributed by atoms with Crippen LogP contribution < -0.4 is 10.2 Å². The fourth-order valence-electron chi connectivity index (χ4n) is 3.57. The maximum atomic E-state index is 13.1. The van der Waals surface area contributed by atoms with Gasteiger partial charge in [-0.2, -0.15) is 5.10 Å². The zero-order valence-corrected chi connectivity index (χ0v) is 17.9. The second-order valence-corrected chi connectivity index (χ2v) is 7.66. The third-order valence-electron chi connectivity index (χ3n) is 5.16. The molecular formula is C22H23ClFN5O2. The Morgan fingerprint density at radius 3 is 2.71 bits per heavy atom. The lowest BCUT2D eigenvalue weighted by Gasteiger charge is -2.29. The van der Waals surface area contributed by atoms with Crippen molar-refractivity contribution in [3.05, 3.63) is 75.9 Å². The smallest absolute Gasteiger partial charge is 0.256 e. The molecular weight excluding hydrogens is 421 g/mol. The van der Waals surface area contributed by atoms with E-state index in [1.54, 1.807) is 29.9 Å².